The third-order valence-electron chi connectivity index (χ3n) is 2.00. The van der Waals surface area contributed by atoms with Crippen molar-refractivity contribution in [2.75, 3.05) is 0 Å². The fourth-order valence-electron chi connectivity index (χ4n) is 1.15. The summed E-state index contributed by atoms with van der Waals surface area (Å²) in [7, 11) is 0. The van der Waals surface area contributed by atoms with Crippen LogP contribution in [-0.2, 0) is 0 Å². The van der Waals surface area contributed by atoms with E-state index in [1.165, 1.54) is 0 Å². The number of hydrogen-bond donors (Lipinski definition) is 0. The van der Waals surface area contributed by atoms with Gasteiger partial charge >= 0.3 is 0 Å². The molecular weight excluding hydrogens is 384 g/mol. The lowest BCUT2D eigenvalue weighted by molar-refractivity contribution is 1.50. The van der Waals surface area contributed by atoms with Crippen molar-refractivity contribution in [3.05, 3.63) is 109 Å². The molecule has 0 radical (unpaired) electrons. The van der Waals surface area contributed by atoms with E-state index < -0.39 is 0 Å². The van der Waals surface area contributed by atoms with E-state index in [4.69, 9.17) is 0 Å². The topological polar surface area (TPSA) is 0 Å². The maximum absolute atomic E-state index is 2.00. The highest BCUT2D eigenvalue weighted by Gasteiger charge is 1.59. The van der Waals surface area contributed by atoms with E-state index >= 15 is 0 Å². The Kier molecular flexibility index (Phi) is 133. The van der Waals surface area contributed by atoms with E-state index in [0.717, 1.165) is 0 Å². The highest BCUT2D eigenvalue weighted by Crippen LogP contribution is 1.81. The predicted molar refractivity (Wildman–Crippen MR) is 159 cm³/mol. The highest BCUT2D eigenvalue weighted by molar-refractivity contribution is 5.00. The summed E-state index contributed by atoms with van der Waals surface area (Å²) in [6, 6.07) is 36.0. The number of rotatable bonds is 0. The Morgan fingerprint density at radius 2 is 0.156 bits per heavy atom. The van der Waals surface area contributed by atoms with Crippen LogP contribution in [0.25, 0.3) is 0 Å². The van der Waals surface area contributed by atoms with Crippen molar-refractivity contribution < 1.29 is 0 Å². The van der Waals surface area contributed by atoms with Crippen molar-refractivity contribution in [3.8, 4) is 0 Å². The fourth-order valence-corrected chi connectivity index (χ4v) is 1.15. The summed E-state index contributed by atoms with van der Waals surface area (Å²) < 4.78 is 0. The Labute approximate surface area is 206 Å². The van der Waals surface area contributed by atoms with Gasteiger partial charge in [0.15, 0.2) is 0 Å². The van der Waals surface area contributed by atoms with Crippen LogP contribution in [0.2, 0.25) is 0 Å². The van der Waals surface area contributed by atoms with Gasteiger partial charge in [-0.2, -0.15) is 0 Å². The molecule has 0 heteroatoms. The summed E-state index contributed by atoms with van der Waals surface area (Å²) >= 11 is 0. The number of hydrogen-bond acceptors (Lipinski definition) is 0. The van der Waals surface area contributed by atoms with Gasteiger partial charge in [-0.1, -0.05) is 206 Å². The molecule has 0 aliphatic rings. The molecule has 0 nitrogen and oxygen atoms in total. The van der Waals surface area contributed by atoms with Gasteiger partial charge < -0.3 is 0 Å². The van der Waals surface area contributed by atoms with Gasteiger partial charge in [0.2, 0.25) is 0 Å². The molecule has 3 aromatic carbocycles. The first-order valence-electron chi connectivity index (χ1n) is 13.0. The Hall–Kier alpha value is -2.34. The zero-order valence-electron chi connectivity index (χ0n) is 24.4. The van der Waals surface area contributed by atoms with Gasteiger partial charge in [0.05, 0.1) is 0 Å². The predicted octanol–water partition coefficient (Wildman–Crippen LogP) is 12.2. The third-order valence-corrected chi connectivity index (χ3v) is 2.00. The average molecular weight is 445 g/mol. The van der Waals surface area contributed by atoms with E-state index in [1.807, 2.05) is 206 Å². The molecule has 0 saturated heterocycles. The van der Waals surface area contributed by atoms with Crippen LogP contribution in [0.1, 0.15) is 96.9 Å². The Balaban J connectivity index is -0.0000000463. The lowest BCUT2D eigenvalue weighted by Gasteiger charge is -1.69. The lowest BCUT2D eigenvalue weighted by Crippen LogP contribution is -1.47. The molecule has 0 aliphatic carbocycles. The third kappa shape index (κ3) is 80.2. The largest absolute Gasteiger partial charge is 0.0683 e. The van der Waals surface area contributed by atoms with E-state index in [-0.39, 0.29) is 0 Å². The molecule has 0 bridgehead atoms. The first-order valence-corrected chi connectivity index (χ1v) is 13.0. The maximum atomic E-state index is 2.00. The molecule has 3 rings (SSSR count). The second kappa shape index (κ2) is 89.4. The van der Waals surface area contributed by atoms with Crippen LogP contribution in [0, 0.1) is 0 Å². The van der Waals surface area contributed by atoms with Gasteiger partial charge in [0.1, 0.15) is 0 Å². The summed E-state index contributed by atoms with van der Waals surface area (Å²) in [5, 5.41) is 0. The summed E-state index contributed by atoms with van der Waals surface area (Å²) in [5.41, 5.74) is 0. The summed E-state index contributed by atoms with van der Waals surface area (Å²) in [6.07, 6.45) is 0. The van der Waals surface area contributed by atoms with Crippen LogP contribution in [0.15, 0.2) is 109 Å². The Morgan fingerprint density at radius 3 is 0.188 bits per heavy atom. The molecule has 0 spiro atoms. The standard InChI is InChI=1S/3C6H6.7C2H6/c3*1-2-4-6-5-3-1;7*1-2/h3*1-6H;7*1-2H3. The average Bonchev–Trinajstić information content (AvgIpc) is 3.00. The van der Waals surface area contributed by atoms with E-state index in [1.54, 1.807) is 0 Å². The Morgan fingerprint density at radius 1 is 0.125 bits per heavy atom. The molecule has 3 aromatic rings. The lowest BCUT2D eigenvalue weighted by atomic mass is 10.4. The summed E-state index contributed by atoms with van der Waals surface area (Å²) in [5.74, 6) is 0. The fraction of sp³-hybridized carbons (Fsp3) is 0.438. The van der Waals surface area contributed by atoms with Crippen LogP contribution in [0.5, 0.6) is 0 Å². The zero-order chi connectivity index (χ0) is 26.7. The summed E-state index contributed by atoms with van der Waals surface area (Å²) in [4.78, 5) is 0. The van der Waals surface area contributed by atoms with Crippen molar-refractivity contribution in [3.63, 3.8) is 0 Å². The van der Waals surface area contributed by atoms with Crippen molar-refractivity contribution >= 4 is 0 Å². The molecule has 32 heavy (non-hydrogen) atoms. The summed E-state index contributed by atoms with van der Waals surface area (Å²) in [6.45, 7) is 28.0. The van der Waals surface area contributed by atoms with Gasteiger partial charge in [0.25, 0.3) is 0 Å². The van der Waals surface area contributed by atoms with Gasteiger partial charge in [-0.05, 0) is 0 Å². The van der Waals surface area contributed by atoms with E-state index in [2.05, 4.69) is 0 Å². The van der Waals surface area contributed by atoms with Crippen molar-refractivity contribution in [2.45, 2.75) is 96.9 Å². The molecule has 0 aliphatic heterocycles. The van der Waals surface area contributed by atoms with Gasteiger partial charge in [-0.3, -0.25) is 0 Å². The first kappa shape index (κ1) is 47.4. The van der Waals surface area contributed by atoms with Crippen molar-refractivity contribution in [1.82, 2.24) is 0 Å². The quantitative estimate of drug-likeness (QED) is 0.323. The highest BCUT2D eigenvalue weighted by atomic mass is 13.7. The molecule has 0 fully saturated rings. The van der Waals surface area contributed by atoms with Crippen LogP contribution >= 0.6 is 0 Å². The van der Waals surface area contributed by atoms with E-state index in [9.17, 15) is 0 Å². The zero-order valence-corrected chi connectivity index (χ0v) is 24.4. The normalized spacial score (nSPS) is 5.81. The molecule has 0 amide bonds. The molecule has 0 atom stereocenters. The Bertz CT molecular complexity index is 291. The second-order valence-corrected chi connectivity index (χ2v) is 3.46. The number of benzene rings is 3. The van der Waals surface area contributed by atoms with Crippen molar-refractivity contribution in [2.24, 2.45) is 0 Å². The molecule has 0 heterocycles. The second-order valence-electron chi connectivity index (χ2n) is 3.46. The first-order chi connectivity index (χ1) is 16.0. The monoisotopic (exact) mass is 444 g/mol. The van der Waals surface area contributed by atoms with E-state index in [0.29, 0.717) is 0 Å². The minimum atomic E-state index is 2.00. The maximum Gasteiger partial charge on any atom is -0.0623 e. The van der Waals surface area contributed by atoms with Gasteiger partial charge in [-0.15, -0.1) is 0 Å². The molecule has 188 valence electrons. The van der Waals surface area contributed by atoms with Crippen LogP contribution in [-0.4, -0.2) is 0 Å². The van der Waals surface area contributed by atoms with Crippen LogP contribution in [0.4, 0.5) is 0 Å². The van der Waals surface area contributed by atoms with Crippen LogP contribution in [0.3, 0.4) is 0 Å². The smallest absolute Gasteiger partial charge is 0.0623 e. The van der Waals surface area contributed by atoms with Gasteiger partial charge in [-0.25, -0.2) is 0 Å². The molecular formula is C32H60. The molecule has 0 saturated carbocycles. The molecule has 0 aromatic heterocycles. The van der Waals surface area contributed by atoms with Gasteiger partial charge in [0, 0.05) is 0 Å². The molecule has 0 N–H and O–H groups in total. The SMILES string of the molecule is CC.CC.CC.CC.CC.CC.CC.c1ccccc1.c1ccccc1.c1ccccc1. The van der Waals surface area contributed by atoms with Crippen LogP contribution < -0.4 is 0 Å². The van der Waals surface area contributed by atoms with Crippen molar-refractivity contribution in [1.29, 1.82) is 0 Å². The molecule has 0 unspecified atom stereocenters. The minimum absolute atomic E-state index is 2.00. The minimum Gasteiger partial charge on any atom is -0.0683 e.